The average molecular weight is 252 g/mol. The highest BCUT2D eigenvalue weighted by Crippen LogP contribution is 2.44. The Hall–Kier alpha value is -1.84. The van der Waals surface area contributed by atoms with Crippen LogP contribution in [0.2, 0.25) is 0 Å². The van der Waals surface area contributed by atoms with Crippen molar-refractivity contribution in [2.45, 2.75) is 6.04 Å². The van der Waals surface area contributed by atoms with E-state index in [0.29, 0.717) is 0 Å². The van der Waals surface area contributed by atoms with Crippen molar-refractivity contribution in [3.8, 4) is 0 Å². The molecule has 88 valence electrons. The van der Waals surface area contributed by atoms with Crippen LogP contribution >= 0.6 is 11.3 Å². The quantitative estimate of drug-likeness (QED) is 0.686. The van der Waals surface area contributed by atoms with Gasteiger partial charge in [0, 0.05) is 10.1 Å². The Balaban J connectivity index is 1.90. The Morgan fingerprint density at radius 2 is 1.67 bits per heavy atom. The maximum atomic E-state index is 3.37. The zero-order valence-electron chi connectivity index (χ0n) is 9.68. The van der Waals surface area contributed by atoms with Gasteiger partial charge >= 0.3 is 0 Å². The fraction of sp³-hybridized carbons (Fsp3) is 0.0667. The molecule has 2 aromatic carbocycles. The number of nitrogens with one attached hydrogen (secondary N) is 2. The molecule has 2 heterocycles. The van der Waals surface area contributed by atoms with Crippen LogP contribution in [0.4, 0.5) is 5.69 Å². The van der Waals surface area contributed by atoms with Gasteiger partial charge in [0.2, 0.25) is 0 Å². The number of hydrogen-bond donors (Lipinski definition) is 2. The molecular weight excluding hydrogens is 240 g/mol. The van der Waals surface area contributed by atoms with E-state index in [9.17, 15) is 0 Å². The van der Waals surface area contributed by atoms with E-state index in [2.05, 4.69) is 65.4 Å². The number of hydrogen-bond acceptors (Lipinski definition) is 3. The maximum absolute atomic E-state index is 3.37. The molecule has 1 aliphatic rings. The Morgan fingerprint density at radius 3 is 2.56 bits per heavy atom. The Bertz CT molecular complexity index is 703. The smallest absolute Gasteiger partial charge is 0.0874 e. The van der Waals surface area contributed by atoms with Crippen LogP contribution < -0.4 is 10.9 Å². The minimum absolute atomic E-state index is 0.263. The van der Waals surface area contributed by atoms with Crippen molar-refractivity contribution in [2.75, 3.05) is 5.43 Å². The second-order valence-corrected chi connectivity index (χ2v) is 5.53. The lowest BCUT2D eigenvalue weighted by Gasteiger charge is -2.09. The van der Waals surface area contributed by atoms with Crippen molar-refractivity contribution in [3.05, 3.63) is 65.0 Å². The molecule has 2 nitrogen and oxygen atoms in total. The summed E-state index contributed by atoms with van der Waals surface area (Å²) in [6, 6.07) is 19.4. The van der Waals surface area contributed by atoms with Gasteiger partial charge in [0.05, 0.1) is 16.6 Å². The highest BCUT2D eigenvalue weighted by molar-refractivity contribution is 7.20. The van der Waals surface area contributed by atoms with Gasteiger partial charge in [-0.1, -0.05) is 48.5 Å². The van der Waals surface area contributed by atoms with Gasteiger partial charge in [0.25, 0.3) is 0 Å². The summed E-state index contributed by atoms with van der Waals surface area (Å²) in [4.78, 5) is 1.38. The molecular formula is C15H12N2S. The third kappa shape index (κ3) is 1.38. The first kappa shape index (κ1) is 10.1. The molecule has 0 amide bonds. The van der Waals surface area contributed by atoms with E-state index in [0.717, 1.165) is 0 Å². The van der Waals surface area contributed by atoms with E-state index in [1.54, 1.807) is 0 Å². The zero-order chi connectivity index (χ0) is 11.9. The largest absolute Gasteiger partial charge is 0.319 e. The zero-order valence-corrected chi connectivity index (χ0v) is 10.5. The number of anilines is 1. The number of thiophene rings is 1. The molecule has 3 aromatic rings. The molecule has 2 N–H and O–H groups in total. The molecule has 4 rings (SSSR count). The summed E-state index contributed by atoms with van der Waals surface area (Å²) in [7, 11) is 0. The minimum atomic E-state index is 0.263. The summed E-state index contributed by atoms with van der Waals surface area (Å²) in [5.41, 5.74) is 9.24. The van der Waals surface area contributed by atoms with Crippen molar-refractivity contribution in [2.24, 2.45) is 0 Å². The normalized spacial score (nSPS) is 17.7. The highest BCUT2D eigenvalue weighted by atomic mass is 32.1. The van der Waals surface area contributed by atoms with Crippen LogP contribution in [0.5, 0.6) is 0 Å². The summed E-state index contributed by atoms with van der Waals surface area (Å²) >= 11 is 1.86. The van der Waals surface area contributed by atoms with Crippen molar-refractivity contribution >= 4 is 27.1 Å². The molecule has 0 radical (unpaired) electrons. The van der Waals surface area contributed by atoms with Gasteiger partial charge in [-0.25, -0.2) is 5.43 Å². The summed E-state index contributed by atoms with van der Waals surface area (Å²) in [6.07, 6.45) is 0. The number of rotatable bonds is 1. The van der Waals surface area contributed by atoms with E-state index in [1.165, 1.54) is 26.2 Å². The predicted octanol–water partition coefficient (Wildman–Crippen LogP) is 3.92. The maximum Gasteiger partial charge on any atom is 0.0874 e. The fourth-order valence-electron chi connectivity index (χ4n) is 2.49. The van der Waals surface area contributed by atoms with Gasteiger partial charge < -0.3 is 5.43 Å². The summed E-state index contributed by atoms with van der Waals surface area (Å²) in [5, 5.41) is 1.31. The Morgan fingerprint density at radius 1 is 0.889 bits per heavy atom. The molecule has 1 aromatic heterocycles. The van der Waals surface area contributed by atoms with Gasteiger partial charge in [0.15, 0.2) is 0 Å². The van der Waals surface area contributed by atoms with Crippen molar-refractivity contribution in [3.63, 3.8) is 0 Å². The Kier molecular flexibility index (Phi) is 2.15. The third-order valence-corrected chi connectivity index (χ3v) is 4.59. The van der Waals surface area contributed by atoms with Crippen LogP contribution in [0.3, 0.4) is 0 Å². The molecule has 1 unspecified atom stereocenters. The first-order valence-corrected chi connectivity index (χ1v) is 6.83. The van der Waals surface area contributed by atoms with Crippen LogP contribution in [-0.2, 0) is 0 Å². The molecule has 1 atom stereocenters. The molecule has 3 heteroatoms. The van der Waals surface area contributed by atoms with Crippen LogP contribution in [0.1, 0.15) is 16.5 Å². The molecule has 0 spiro atoms. The number of benzene rings is 2. The monoisotopic (exact) mass is 252 g/mol. The van der Waals surface area contributed by atoms with Gasteiger partial charge in [-0.2, -0.15) is 0 Å². The predicted molar refractivity (Wildman–Crippen MR) is 76.9 cm³/mol. The standard InChI is InChI=1S/C15H12N2S/c1-2-6-10(7-3-1)13-15-14(17-16-13)11-8-4-5-9-12(11)18-15/h1-9,13,16-17H. The second-order valence-electron chi connectivity index (χ2n) is 4.45. The highest BCUT2D eigenvalue weighted by Gasteiger charge is 2.27. The first-order valence-electron chi connectivity index (χ1n) is 6.01. The molecule has 0 fully saturated rings. The lowest BCUT2D eigenvalue weighted by molar-refractivity contribution is 0.737. The molecule has 1 aliphatic heterocycles. The molecule has 0 bridgehead atoms. The van der Waals surface area contributed by atoms with E-state index in [1.807, 2.05) is 11.3 Å². The van der Waals surface area contributed by atoms with Crippen LogP contribution in [0, 0.1) is 0 Å². The van der Waals surface area contributed by atoms with E-state index in [4.69, 9.17) is 0 Å². The topological polar surface area (TPSA) is 24.1 Å². The van der Waals surface area contributed by atoms with Gasteiger partial charge in [-0.15, -0.1) is 11.3 Å². The number of hydrazine groups is 1. The summed E-state index contributed by atoms with van der Waals surface area (Å²) in [5.74, 6) is 0. The fourth-order valence-corrected chi connectivity index (χ4v) is 3.73. The molecule has 0 saturated heterocycles. The second kappa shape index (κ2) is 3.83. The minimum Gasteiger partial charge on any atom is -0.319 e. The lowest BCUT2D eigenvalue weighted by Crippen LogP contribution is -2.19. The van der Waals surface area contributed by atoms with E-state index in [-0.39, 0.29) is 6.04 Å². The summed E-state index contributed by atoms with van der Waals surface area (Å²) in [6.45, 7) is 0. The van der Waals surface area contributed by atoms with E-state index < -0.39 is 0 Å². The van der Waals surface area contributed by atoms with Crippen molar-refractivity contribution in [1.29, 1.82) is 0 Å². The third-order valence-electron chi connectivity index (χ3n) is 3.36. The van der Waals surface area contributed by atoms with Crippen LogP contribution in [0.15, 0.2) is 54.6 Å². The average Bonchev–Trinajstić information content (AvgIpc) is 2.98. The molecule has 18 heavy (non-hydrogen) atoms. The lowest BCUT2D eigenvalue weighted by atomic mass is 10.1. The van der Waals surface area contributed by atoms with Gasteiger partial charge in [-0.05, 0) is 11.6 Å². The van der Waals surface area contributed by atoms with Gasteiger partial charge in [-0.3, -0.25) is 0 Å². The van der Waals surface area contributed by atoms with Crippen LogP contribution in [-0.4, -0.2) is 0 Å². The van der Waals surface area contributed by atoms with Crippen molar-refractivity contribution in [1.82, 2.24) is 5.43 Å². The van der Waals surface area contributed by atoms with Crippen LogP contribution in [0.25, 0.3) is 10.1 Å². The number of fused-ring (bicyclic) bond motifs is 3. The Labute approximate surface area is 109 Å². The SMILES string of the molecule is c1ccc(C2NNc3c2sc2ccccc32)cc1. The molecule has 0 aliphatic carbocycles. The van der Waals surface area contributed by atoms with Crippen molar-refractivity contribution < 1.29 is 0 Å². The molecule has 0 saturated carbocycles. The summed E-state index contributed by atoms with van der Waals surface area (Å²) < 4.78 is 1.34. The van der Waals surface area contributed by atoms with E-state index >= 15 is 0 Å². The first-order chi connectivity index (χ1) is 8.93. The van der Waals surface area contributed by atoms with Gasteiger partial charge in [0.1, 0.15) is 0 Å².